The normalized spacial score (nSPS) is 10.1. The third kappa shape index (κ3) is 4.95. The van der Waals surface area contributed by atoms with Crippen LogP contribution in [0.5, 0.6) is 5.75 Å². The number of ether oxygens (including phenoxy) is 2. The molecule has 3 heteroatoms. The molecule has 110 valence electrons. The van der Waals surface area contributed by atoms with Gasteiger partial charge in [0.25, 0.3) is 0 Å². The van der Waals surface area contributed by atoms with Crippen LogP contribution in [0.1, 0.15) is 28.8 Å². The molecule has 2 aromatic carbocycles. The zero-order chi connectivity index (χ0) is 14.9. The highest BCUT2D eigenvalue weighted by Crippen LogP contribution is 2.13. The van der Waals surface area contributed by atoms with E-state index in [0.29, 0.717) is 12.2 Å². The highest BCUT2D eigenvalue weighted by molar-refractivity contribution is 5.89. The average molecular weight is 284 g/mol. The molecule has 0 heterocycles. The maximum Gasteiger partial charge on any atom is 0.337 e. The number of esters is 1. The summed E-state index contributed by atoms with van der Waals surface area (Å²) < 4.78 is 10.3. The Balaban J connectivity index is 1.68. The van der Waals surface area contributed by atoms with Crippen LogP contribution >= 0.6 is 0 Å². The highest BCUT2D eigenvalue weighted by atomic mass is 16.5. The van der Waals surface area contributed by atoms with Crippen molar-refractivity contribution >= 4 is 5.97 Å². The predicted molar refractivity (Wildman–Crippen MR) is 82.7 cm³/mol. The zero-order valence-corrected chi connectivity index (χ0v) is 12.2. The zero-order valence-electron chi connectivity index (χ0n) is 12.2. The molecule has 21 heavy (non-hydrogen) atoms. The average Bonchev–Trinajstić information content (AvgIpc) is 2.55. The van der Waals surface area contributed by atoms with E-state index >= 15 is 0 Å². The molecule has 2 aromatic rings. The Kier molecular flexibility index (Phi) is 5.83. The third-order valence-electron chi connectivity index (χ3n) is 3.25. The summed E-state index contributed by atoms with van der Waals surface area (Å²) >= 11 is 0. The van der Waals surface area contributed by atoms with Crippen molar-refractivity contribution in [3.05, 3.63) is 65.7 Å². The van der Waals surface area contributed by atoms with Crippen LogP contribution in [0.25, 0.3) is 0 Å². The lowest BCUT2D eigenvalue weighted by molar-refractivity contribution is 0.0600. The van der Waals surface area contributed by atoms with Crippen molar-refractivity contribution in [3.8, 4) is 5.75 Å². The van der Waals surface area contributed by atoms with Crippen LogP contribution in [0.4, 0.5) is 0 Å². The van der Waals surface area contributed by atoms with E-state index in [9.17, 15) is 4.79 Å². The Morgan fingerprint density at radius 1 is 0.952 bits per heavy atom. The van der Waals surface area contributed by atoms with E-state index in [4.69, 9.17) is 4.74 Å². The minimum absolute atomic E-state index is 0.329. The Morgan fingerprint density at radius 2 is 1.67 bits per heavy atom. The second-order valence-electron chi connectivity index (χ2n) is 4.81. The van der Waals surface area contributed by atoms with Gasteiger partial charge in [-0.25, -0.2) is 4.79 Å². The molecule has 0 aromatic heterocycles. The standard InChI is InChI=1S/C18H20O3/c1-20-18(19)16-10-12-17(13-11-16)21-14-6-5-9-15-7-3-2-4-8-15/h2-4,7-8,10-13H,5-6,9,14H2,1H3. The summed E-state index contributed by atoms with van der Waals surface area (Å²) in [7, 11) is 1.37. The van der Waals surface area contributed by atoms with Crippen LogP contribution in [0.2, 0.25) is 0 Å². The van der Waals surface area contributed by atoms with Crippen LogP contribution < -0.4 is 4.74 Å². The van der Waals surface area contributed by atoms with Gasteiger partial charge in [0.1, 0.15) is 5.75 Å². The summed E-state index contributed by atoms with van der Waals surface area (Å²) in [4.78, 5) is 11.3. The molecule has 3 nitrogen and oxygen atoms in total. The summed E-state index contributed by atoms with van der Waals surface area (Å²) in [5.41, 5.74) is 1.90. The number of hydrogen-bond donors (Lipinski definition) is 0. The van der Waals surface area contributed by atoms with E-state index in [-0.39, 0.29) is 5.97 Å². The molecule has 0 radical (unpaired) electrons. The molecule has 0 saturated carbocycles. The van der Waals surface area contributed by atoms with Crippen molar-refractivity contribution in [1.82, 2.24) is 0 Å². The molecular formula is C18H20O3. The van der Waals surface area contributed by atoms with Gasteiger partial charge in [0.2, 0.25) is 0 Å². The molecule has 0 aliphatic carbocycles. The summed E-state index contributed by atoms with van der Waals surface area (Å²) in [6, 6.07) is 17.5. The summed E-state index contributed by atoms with van der Waals surface area (Å²) in [5.74, 6) is 0.451. The molecule has 2 rings (SSSR count). The van der Waals surface area contributed by atoms with Gasteiger partial charge >= 0.3 is 5.97 Å². The maximum absolute atomic E-state index is 11.3. The molecule has 0 aliphatic rings. The Labute approximate surface area is 125 Å². The molecule has 0 spiro atoms. The Hall–Kier alpha value is -2.29. The number of carbonyl (C=O) groups excluding carboxylic acids is 1. The fourth-order valence-electron chi connectivity index (χ4n) is 2.07. The quantitative estimate of drug-likeness (QED) is 0.572. The summed E-state index contributed by atoms with van der Waals surface area (Å²) in [5, 5.41) is 0. The summed E-state index contributed by atoms with van der Waals surface area (Å²) in [6.45, 7) is 0.685. The molecule has 0 saturated heterocycles. The van der Waals surface area contributed by atoms with E-state index in [1.807, 2.05) is 6.07 Å². The molecule has 0 atom stereocenters. The van der Waals surface area contributed by atoms with Crippen LogP contribution in [-0.4, -0.2) is 19.7 Å². The van der Waals surface area contributed by atoms with E-state index in [1.54, 1.807) is 24.3 Å². The van der Waals surface area contributed by atoms with Crippen LogP contribution in [0, 0.1) is 0 Å². The molecule has 0 unspecified atom stereocenters. The fourth-order valence-corrected chi connectivity index (χ4v) is 2.07. The van der Waals surface area contributed by atoms with Gasteiger partial charge in [-0.1, -0.05) is 30.3 Å². The number of hydrogen-bond acceptors (Lipinski definition) is 3. The largest absolute Gasteiger partial charge is 0.494 e. The van der Waals surface area contributed by atoms with Gasteiger partial charge in [-0.2, -0.15) is 0 Å². The number of methoxy groups -OCH3 is 1. The number of unbranched alkanes of at least 4 members (excludes halogenated alkanes) is 1. The number of rotatable bonds is 7. The second kappa shape index (κ2) is 8.10. The lowest BCUT2D eigenvalue weighted by Crippen LogP contribution is -2.02. The lowest BCUT2D eigenvalue weighted by Gasteiger charge is -2.07. The molecule has 0 N–H and O–H groups in total. The van der Waals surface area contributed by atoms with Gasteiger partial charge in [0.05, 0.1) is 19.3 Å². The maximum atomic E-state index is 11.3. The van der Waals surface area contributed by atoms with Gasteiger partial charge < -0.3 is 9.47 Å². The highest BCUT2D eigenvalue weighted by Gasteiger charge is 2.04. The van der Waals surface area contributed by atoms with Crippen LogP contribution in [0.15, 0.2) is 54.6 Å². The van der Waals surface area contributed by atoms with Crippen molar-refractivity contribution in [2.45, 2.75) is 19.3 Å². The lowest BCUT2D eigenvalue weighted by atomic mass is 10.1. The first kappa shape index (κ1) is 15.1. The van der Waals surface area contributed by atoms with Crippen LogP contribution in [-0.2, 0) is 11.2 Å². The second-order valence-corrected chi connectivity index (χ2v) is 4.81. The van der Waals surface area contributed by atoms with Gasteiger partial charge in [-0.3, -0.25) is 0 Å². The summed E-state index contributed by atoms with van der Waals surface area (Å²) in [6.07, 6.45) is 3.18. The minimum atomic E-state index is -0.329. The first-order valence-electron chi connectivity index (χ1n) is 7.14. The van der Waals surface area contributed by atoms with Gasteiger partial charge in [-0.15, -0.1) is 0 Å². The van der Waals surface area contributed by atoms with Gasteiger partial charge in [0.15, 0.2) is 0 Å². The van der Waals surface area contributed by atoms with Crippen molar-refractivity contribution in [2.75, 3.05) is 13.7 Å². The SMILES string of the molecule is COC(=O)c1ccc(OCCCCc2ccccc2)cc1. The van der Waals surface area contributed by atoms with E-state index in [2.05, 4.69) is 29.0 Å². The Morgan fingerprint density at radius 3 is 2.33 bits per heavy atom. The molecule has 0 fully saturated rings. The molecule has 0 amide bonds. The Bertz CT molecular complexity index is 546. The molecule has 0 bridgehead atoms. The van der Waals surface area contributed by atoms with E-state index < -0.39 is 0 Å². The fraction of sp³-hybridized carbons (Fsp3) is 0.278. The smallest absolute Gasteiger partial charge is 0.337 e. The first-order valence-corrected chi connectivity index (χ1v) is 7.14. The predicted octanol–water partition coefficient (Wildman–Crippen LogP) is 3.87. The number of carbonyl (C=O) groups is 1. The first-order chi connectivity index (χ1) is 10.3. The molecular weight excluding hydrogens is 264 g/mol. The topological polar surface area (TPSA) is 35.5 Å². The van der Waals surface area contributed by atoms with Gasteiger partial charge in [0, 0.05) is 0 Å². The van der Waals surface area contributed by atoms with Crippen molar-refractivity contribution in [1.29, 1.82) is 0 Å². The number of benzene rings is 2. The minimum Gasteiger partial charge on any atom is -0.494 e. The van der Waals surface area contributed by atoms with Crippen molar-refractivity contribution in [3.63, 3.8) is 0 Å². The van der Waals surface area contributed by atoms with Crippen molar-refractivity contribution < 1.29 is 14.3 Å². The van der Waals surface area contributed by atoms with Gasteiger partial charge in [-0.05, 0) is 49.1 Å². The van der Waals surface area contributed by atoms with E-state index in [0.717, 1.165) is 25.0 Å². The van der Waals surface area contributed by atoms with E-state index in [1.165, 1.54) is 12.7 Å². The molecule has 0 aliphatic heterocycles. The monoisotopic (exact) mass is 284 g/mol. The number of aryl methyl sites for hydroxylation is 1. The third-order valence-corrected chi connectivity index (χ3v) is 3.25. The van der Waals surface area contributed by atoms with Crippen LogP contribution in [0.3, 0.4) is 0 Å². The van der Waals surface area contributed by atoms with Crippen molar-refractivity contribution in [2.24, 2.45) is 0 Å².